The third kappa shape index (κ3) is 2.93. The van der Waals surface area contributed by atoms with E-state index in [9.17, 15) is 4.79 Å². The Kier molecular flexibility index (Phi) is 3.53. The van der Waals surface area contributed by atoms with Gasteiger partial charge in [0.1, 0.15) is 24.4 Å². The number of carbonyl (C=O) groups is 1. The maximum atomic E-state index is 11.1. The Balaban J connectivity index is 1.76. The Hall–Kier alpha value is -0.730. The minimum absolute atomic E-state index is 0.105. The second kappa shape index (κ2) is 4.89. The van der Waals surface area contributed by atoms with Crippen LogP contribution in [0.5, 0.6) is 0 Å². The first-order valence-electron chi connectivity index (χ1n) is 7.28. The summed E-state index contributed by atoms with van der Waals surface area (Å²) in [6.45, 7) is 9.23. The first-order chi connectivity index (χ1) is 9.67. The number of hydrogen-bond acceptors (Lipinski definition) is 6. The number of fused-ring (bicyclic) bond motifs is 3. The van der Waals surface area contributed by atoms with Gasteiger partial charge >= 0.3 is 0 Å². The van der Waals surface area contributed by atoms with Gasteiger partial charge in [0.2, 0.25) is 5.91 Å². The molecule has 0 aromatic carbocycles. The Morgan fingerprint density at radius 3 is 2.24 bits per heavy atom. The number of ether oxygens (including phenoxy) is 5. The molecule has 1 N–H and O–H groups in total. The summed E-state index contributed by atoms with van der Waals surface area (Å²) in [5, 5.41) is 2.77. The van der Waals surface area contributed by atoms with Crippen molar-refractivity contribution >= 4 is 5.91 Å². The lowest BCUT2D eigenvalue weighted by atomic mass is 10.0. The zero-order valence-corrected chi connectivity index (χ0v) is 13.0. The average molecular weight is 301 g/mol. The van der Waals surface area contributed by atoms with Crippen molar-refractivity contribution in [2.24, 2.45) is 0 Å². The van der Waals surface area contributed by atoms with Gasteiger partial charge in [0.05, 0.1) is 0 Å². The van der Waals surface area contributed by atoms with E-state index >= 15 is 0 Å². The summed E-state index contributed by atoms with van der Waals surface area (Å²) in [7, 11) is 0. The third-order valence-electron chi connectivity index (χ3n) is 3.80. The monoisotopic (exact) mass is 301 g/mol. The maximum absolute atomic E-state index is 11.1. The highest BCUT2D eigenvalue weighted by Gasteiger charge is 2.61. The van der Waals surface area contributed by atoms with Crippen LogP contribution >= 0.6 is 0 Å². The molecule has 3 aliphatic rings. The maximum Gasteiger partial charge on any atom is 0.216 e. The fourth-order valence-corrected chi connectivity index (χ4v) is 3.13. The van der Waals surface area contributed by atoms with Crippen LogP contribution in [-0.2, 0) is 28.5 Å². The molecule has 3 fully saturated rings. The predicted octanol–water partition coefficient (Wildman–Crippen LogP) is 0.519. The number of hydrogen-bond donors (Lipinski definition) is 1. The number of amides is 1. The van der Waals surface area contributed by atoms with Gasteiger partial charge in [0.15, 0.2) is 17.9 Å². The molecule has 3 rings (SSSR count). The highest BCUT2D eigenvalue weighted by atomic mass is 16.9. The Labute approximate surface area is 124 Å². The van der Waals surface area contributed by atoms with Gasteiger partial charge in [-0.3, -0.25) is 4.79 Å². The van der Waals surface area contributed by atoms with Gasteiger partial charge < -0.3 is 29.0 Å². The highest BCUT2D eigenvalue weighted by Crippen LogP contribution is 2.44. The molecular formula is C14H23NO6. The number of rotatable bonds is 2. The number of carbonyl (C=O) groups excluding carboxylic acids is 1. The molecule has 0 saturated carbocycles. The molecule has 0 unspecified atom stereocenters. The van der Waals surface area contributed by atoms with Crippen LogP contribution in [-0.4, -0.2) is 54.7 Å². The number of nitrogens with one attached hydrogen (secondary N) is 1. The quantitative estimate of drug-likeness (QED) is 0.801. The molecule has 21 heavy (non-hydrogen) atoms. The van der Waals surface area contributed by atoms with Gasteiger partial charge in [-0.05, 0) is 27.7 Å². The predicted molar refractivity (Wildman–Crippen MR) is 71.2 cm³/mol. The van der Waals surface area contributed by atoms with Crippen LogP contribution in [0.1, 0.15) is 34.6 Å². The molecule has 3 aliphatic heterocycles. The van der Waals surface area contributed by atoms with Crippen LogP contribution in [0.3, 0.4) is 0 Å². The molecule has 120 valence electrons. The molecule has 0 aliphatic carbocycles. The van der Waals surface area contributed by atoms with E-state index in [2.05, 4.69) is 5.32 Å². The second-order valence-corrected chi connectivity index (χ2v) is 6.64. The van der Waals surface area contributed by atoms with E-state index in [0.717, 1.165) is 0 Å². The standard InChI is InChI=1S/C14H23NO6/c1-7(16)15-6-8-9-10(19-13(2,3)18-8)11-12(17-9)21-14(4,5)20-11/h8-12H,6H2,1-5H3,(H,15,16)/t8-,9-,10+,11-,12-/m1/s1. The lowest BCUT2D eigenvalue weighted by molar-refractivity contribution is -0.342. The third-order valence-corrected chi connectivity index (χ3v) is 3.80. The minimum Gasteiger partial charge on any atom is -0.354 e. The molecule has 0 bridgehead atoms. The van der Waals surface area contributed by atoms with Crippen LogP contribution < -0.4 is 5.32 Å². The molecule has 3 heterocycles. The highest BCUT2D eigenvalue weighted by molar-refractivity contribution is 5.72. The summed E-state index contributed by atoms with van der Waals surface area (Å²) in [6.07, 6.45) is -1.65. The first kappa shape index (κ1) is 15.2. The van der Waals surface area contributed by atoms with E-state index in [4.69, 9.17) is 23.7 Å². The minimum atomic E-state index is -0.765. The lowest BCUT2D eigenvalue weighted by Crippen LogP contribution is -2.58. The Morgan fingerprint density at radius 1 is 0.952 bits per heavy atom. The van der Waals surface area contributed by atoms with E-state index in [1.54, 1.807) is 0 Å². The Bertz CT molecular complexity index is 437. The van der Waals surface area contributed by atoms with Crippen LogP contribution in [0, 0.1) is 0 Å². The van der Waals surface area contributed by atoms with E-state index < -0.39 is 17.9 Å². The van der Waals surface area contributed by atoms with Crippen LogP contribution in [0.25, 0.3) is 0 Å². The van der Waals surface area contributed by atoms with Crippen LogP contribution in [0.4, 0.5) is 0 Å². The van der Waals surface area contributed by atoms with E-state index in [-0.39, 0.29) is 30.3 Å². The molecule has 3 saturated heterocycles. The summed E-state index contributed by atoms with van der Waals surface area (Å²) in [6, 6.07) is 0. The molecular weight excluding hydrogens is 278 g/mol. The van der Waals surface area contributed by atoms with E-state index in [0.29, 0.717) is 6.54 Å². The molecule has 7 heteroatoms. The van der Waals surface area contributed by atoms with Crippen molar-refractivity contribution in [2.75, 3.05) is 6.54 Å². The average Bonchev–Trinajstić information content (AvgIpc) is 2.78. The topological polar surface area (TPSA) is 75.3 Å². The van der Waals surface area contributed by atoms with Gasteiger partial charge in [0.25, 0.3) is 0 Å². The van der Waals surface area contributed by atoms with Gasteiger partial charge in [0, 0.05) is 13.5 Å². The molecule has 7 nitrogen and oxygen atoms in total. The fraction of sp³-hybridized carbons (Fsp3) is 0.929. The molecule has 0 radical (unpaired) electrons. The molecule has 0 spiro atoms. The van der Waals surface area contributed by atoms with Crippen molar-refractivity contribution in [3.05, 3.63) is 0 Å². The molecule has 0 aromatic heterocycles. The smallest absolute Gasteiger partial charge is 0.216 e. The van der Waals surface area contributed by atoms with Crippen LogP contribution in [0.2, 0.25) is 0 Å². The second-order valence-electron chi connectivity index (χ2n) is 6.64. The van der Waals surface area contributed by atoms with Crippen molar-refractivity contribution in [1.82, 2.24) is 5.32 Å². The first-order valence-corrected chi connectivity index (χ1v) is 7.28. The normalized spacial score (nSPS) is 43.2. The molecule has 1 amide bonds. The zero-order chi connectivity index (χ0) is 15.4. The van der Waals surface area contributed by atoms with Gasteiger partial charge in [-0.15, -0.1) is 0 Å². The Morgan fingerprint density at radius 2 is 1.57 bits per heavy atom. The van der Waals surface area contributed by atoms with Crippen molar-refractivity contribution in [2.45, 2.75) is 76.9 Å². The summed E-state index contributed by atoms with van der Waals surface area (Å²) in [5.74, 6) is -1.55. The molecule has 5 atom stereocenters. The fourth-order valence-electron chi connectivity index (χ4n) is 3.13. The summed E-state index contributed by atoms with van der Waals surface area (Å²) < 4.78 is 29.4. The van der Waals surface area contributed by atoms with Crippen molar-refractivity contribution in [3.8, 4) is 0 Å². The van der Waals surface area contributed by atoms with E-state index in [1.807, 2.05) is 27.7 Å². The molecule has 0 aromatic rings. The van der Waals surface area contributed by atoms with Gasteiger partial charge in [-0.1, -0.05) is 0 Å². The SMILES string of the molecule is CC(=O)NC[C@H]1OC(C)(C)O[C@@H]2[C@H]3OC(C)(C)O[C@H]3O[C@@H]21. The summed E-state index contributed by atoms with van der Waals surface area (Å²) in [5.41, 5.74) is 0. The largest absolute Gasteiger partial charge is 0.354 e. The van der Waals surface area contributed by atoms with Crippen molar-refractivity contribution < 1.29 is 28.5 Å². The van der Waals surface area contributed by atoms with Crippen molar-refractivity contribution in [1.29, 1.82) is 0 Å². The van der Waals surface area contributed by atoms with E-state index in [1.165, 1.54) is 6.92 Å². The van der Waals surface area contributed by atoms with Gasteiger partial charge in [-0.2, -0.15) is 0 Å². The lowest BCUT2D eigenvalue weighted by Gasteiger charge is -2.43. The van der Waals surface area contributed by atoms with Crippen LogP contribution in [0.15, 0.2) is 0 Å². The van der Waals surface area contributed by atoms with Crippen molar-refractivity contribution in [3.63, 3.8) is 0 Å². The zero-order valence-electron chi connectivity index (χ0n) is 13.0. The van der Waals surface area contributed by atoms with Gasteiger partial charge in [-0.25, -0.2) is 0 Å². The summed E-state index contributed by atoms with van der Waals surface area (Å²) in [4.78, 5) is 11.1. The summed E-state index contributed by atoms with van der Waals surface area (Å²) >= 11 is 0.